The van der Waals surface area contributed by atoms with Gasteiger partial charge in [-0.25, -0.2) is 0 Å². The minimum atomic E-state index is 0.445. The largest absolute Gasteiger partial charge is 0.375 e. The van der Waals surface area contributed by atoms with Crippen molar-refractivity contribution < 1.29 is 4.74 Å². The third kappa shape index (κ3) is 3.91. The van der Waals surface area contributed by atoms with E-state index < -0.39 is 0 Å². The van der Waals surface area contributed by atoms with E-state index in [9.17, 15) is 0 Å². The van der Waals surface area contributed by atoms with E-state index in [0.717, 1.165) is 29.6 Å². The summed E-state index contributed by atoms with van der Waals surface area (Å²) in [6, 6.07) is 0.445. The highest BCUT2D eigenvalue weighted by atomic mass is 79.9. The van der Waals surface area contributed by atoms with Gasteiger partial charge >= 0.3 is 0 Å². The average Bonchev–Trinajstić information content (AvgIpc) is 2.65. The van der Waals surface area contributed by atoms with Crippen LogP contribution in [-0.2, 0) is 11.3 Å². The van der Waals surface area contributed by atoms with Crippen LogP contribution in [0, 0.1) is 0 Å². The third-order valence-electron chi connectivity index (χ3n) is 2.68. The van der Waals surface area contributed by atoms with E-state index in [2.05, 4.69) is 41.8 Å². The van der Waals surface area contributed by atoms with Crippen LogP contribution in [0.4, 0.5) is 0 Å². The lowest BCUT2D eigenvalue weighted by atomic mass is 10.3. The Kier molecular flexibility index (Phi) is 6.06. The normalized spacial score (nSPS) is 13.0. The molecule has 0 aliphatic heterocycles. The molecule has 0 saturated heterocycles. The first-order valence-electron chi connectivity index (χ1n) is 6.00. The second kappa shape index (κ2) is 7.07. The smallest absolute Gasteiger partial charge is 0.102 e. The highest BCUT2D eigenvalue weighted by molar-refractivity contribution is 9.10. The van der Waals surface area contributed by atoms with Crippen molar-refractivity contribution >= 4 is 15.9 Å². The van der Waals surface area contributed by atoms with Crippen molar-refractivity contribution in [3.8, 4) is 0 Å². The first-order valence-corrected chi connectivity index (χ1v) is 6.79. The SMILES string of the molecule is CCCCOCc1nn([C@@H](C)CC)cc1Br. The fourth-order valence-corrected chi connectivity index (χ4v) is 1.74. The molecule has 0 aliphatic carbocycles. The lowest BCUT2D eigenvalue weighted by Crippen LogP contribution is -2.05. The molecule has 1 aromatic heterocycles. The van der Waals surface area contributed by atoms with Crippen molar-refractivity contribution in [3.63, 3.8) is 0 Å². The van der Waals surface area contributed by atoms with Crippen molar-refractivity contribution in [2.45, 2.75) is 52.7 Å². The molecule has 0 unspecified atom stereocenters. The Morgan fingerprint density at radius 3 is 2.88 bits per heavy atom. The predicted molar refractivity (Wildman–Crippen MR) is 69.5 cm³/mol. The quantitative estimate of drug-likeness (QED) is 0.711. The fourth-order valence-electron chi connectivity index (χ4n) is 1.33. The van der Waals surface area contributed by atoms with Crippen LogP contribution in [0.3, 0.4) is 0 Å². The first-order chi connectivity index (χ1) is 7.69. The molecule has 0 aromatic carbocycles. The Hall–Kier alpha value is -0.350. The second-order valence-corrected chi connectivity index (χ2v) is 4.92. The summed E-state index contributed by atoms with van der Waals surface area (Å²) in [6.07, 6.45) is 5.41. The minimum Gasteiger partial charge on any atom is -0.375 e. The molecule has 0 bridgehead atoms. The van der Waals surface area contributed by atoms with Crippen LogP contribution in [0.2, 0.25) is 0 Å². The van der Waals surface area contributed by atoms with Gasteiger partial charge in [0.05, 0.1) is 11.1 Å². The molecule has 92 valence electrons. The van der Waals surface area contributed by atoms with Crippen LogP contribution in [0.25, 0.3) is 0 Å². The molecule has 1 aromatic rings. The molecule has 1 heterocycles. The van der Waals surface area contributed by atoms with Crippen LogP contribution < -0.4 is 0 Å². The third-order valence-corrected chi connectivity index (χ3v) is 3.34. The number of nitrogens with zero attached hydrogens (tertiary/aromatic N) is 2. The Morgan fingerprint density at radius 2 is 2.25 bits per heavy atom. The molecular formula is C12H21BrN2O. The van der Waals surface area contributed by atoms with Gasteiger partial charge in [-0.15, -0.1) is 0 Å². The Labute approximate surface area is 106 Å². The predicted octanol–water partition coefficient (Wildman–Crippen LogP) is 3.93. The summed E-state index contributed by atoms with van der Waals surface area (Å²) < 4.78 is 8.61. The number of unbranched alkanes of at least 4 members (excludes halogenated alkanes) is 1. The standard InChI is InChI=1S/C12H21BrN2O/c1-4-6-7-16-9-12-11(13)8-15(14-12)10(3)5-2/h8,10H,4-7,9H2,1-3H3/t10-/m0/s1. The average molecular weight is 289 g/mol. The molecule has 0 aliphatic rings. The molecule has 4 heteroatoms. The molecule has 0 saturated carbocycles. The van der Waals surface area contributed by atoms with E-state index in [4.69, 9.17) is 4.74 Å². The summed E-state index contributed by atoms with van der Waals surface area (Å²) in [4.78, 5) is 0. The van der Waals surface area contributed by atoms with Gasteiger partial charge in [0, 0.05) is 18.8 Å². The Morgan fingerprint density at radius 1 is 1.50 bits per heavy atom. The van der Waals surface area contributed by atoms with Crippen LogP contribution in [0.15, 0.2) is 10.7 Å². The highest BCUT2D eigenvalue weighted by Crippen LogP contribution is 2.19. The zero-order valence-electron chi connectivity index (χ0n) is 10.4. The molecule has 0 amide bonds. The summed E-state index contributed by atoms with van der Waals surface area (Å²) in [6.45, 7) is 7.92. The molecule has 1 rings (SSSR count). The van der Waals surface area contributed by atoms with Crippen molar-refractivity contribution in [1.29, 1.82) is 0 Å². The molecule has 0 radical (unpaired) electrons. The summed E-state index contributed by atoms with van der Waals surface area (Å²) in [5.74, 6) is 0. The first kappa shape index (κ1) is 13.7. The van der Waals surface area contributed by atoms with Crippen LogP contribution in [0.1, 0.15) is 51.8 Å². The van der Waals surface area contributed by atoms with E-state index in [0.29, 0.717) is 12.6 Å². The van der Waals surface area contributed by atoms with Gasteiger partial charge in [-0.2, -0.15) is 5.10 Å². The fraction of sp³-hybridized carbons (Fsp3) is 0.750. The van der Waals surface area contributed by atoms with E-state index in [1.54, 1.807) is 0 Å². The monoisotopic (exact) mass is 288 g/mol. The Bertz CT molecular complexity index is 312. The van der Waals surface area contributed by atoms with Crippen LogP contribution in [0.5, 0.6) is 0 Å². The van der Waals surface area contributed by atoms with Crippen LogP contribution >= 0.6 is 15.9 Å². The zero-order valence-corrected chi connectivity index (χ0v) is 12.0. The van der Waals surface area contributed by atoms with E-state index in [-0.39, 0.29) is 0 Å². The number of ether oxygens (including phenoxy) is 1. The molecule has 16 heavy (non-hydrogen) atoms. The molecule has 0 fully saturated rings. The maximum Gasteiger partial charge on any atom is 0.102 e. The van der Waals surface area contributed by atoms with Gasteiger partial charge in [-0.05, 0) is 35.7 Å². The van der Waals surface area contributed by atoms with Gasteiger partial charge in [0.1, 0.15) is 5.69 Å². The van der Waals surface area contributed by atoms with Crippen LogP contribution in [-0.4, -0.2) is 16.4 Å². The summed E-state index contributed by atoms with van der Waals surface area (Å²) in [7, 11) is 0. The zero-order chi connectivity index (χ0) is 12.0. The molecular weight excluding hydrogens is 268 g/mol. The van der Waals surface area contributed by atoms with Crippen molar-refractivity contribution in [2.24, 2.45) is 0 Å². The van der Waals surface area contributed by atoms with E-state index in [1.807, 2.05) is 10.9 Å². The molecule has 0 N–H and O–H groups in total. The van der Waals surface area contributed by atoms with E-state index in [1.165, 1.54) is 6.42 Å². The van der Waals surface area contributed by atoms with Gasteiger partial charge < -0.3 is 4.74 Å². The lowest BCUT2D eigenvalue weighted by Gasteiger charge is -2.07. The highest BCUT2D eigenvalue weighted by Gasteiger charge is 2.09. The van der Waals surface area contributed by atoms with Crippen molar-refractivity contribution in [1.82, 2.24) is 9.78 Å². The summed E-state index contributed by atoms with van der Waals surface area (Å²) in [5, 5.41) is 4.52. The molecule has 0 spiro atoms. The molecule has 1 atom stereocenters. The van der Waals surface area contributed by atoms with Gasteiger partial charge in [0.25, 0.3) is 0 Å². The Balaban J connectivity index is 2.50. The summed E-state index contributed by atoms with van der Waals surface area (Å²) >= 11 is 3.52. The van der Waals surface area contributed by atoms with Gasteiger partial charge in [-0.3, -0.25) is 4.68 Å². The number of hydrogen-bond donors (Lipinski definition) is 0. The minimum absolute atomic E-state index is 0.445. The van der Waals surface area contributed by atoms with Gasteiger partial charge in [0.2, 0.25) is 0 Å². The topological polar surface area (TPSA) is 27.1 Å². The molecule has 3 nitrogen and oxygen atoms in total. The maximum atomic E-state index is 5.56. The number of hydrogen-bond acceptors (Lipinski definition) is 2. The maximum absolute atomic E-state index is 5.56. The van der Waals surface area contributed by atoms with E-state index >= 15 is 0 Å². The van der Waals surface area contributed by atoms with Gasteiger partial charge in [0.15, 0.2) is 0 Å². The number of aromatic nitrogens is 2. The summed E-state index contributed by atoms with van der Waals surface area (Å²) in [5.41, 5.74) is 0.997. The second-order valence-electron chi connectivity index (χ2n) is 4.07. The lowest BCUT2D eigenvalue weighted by molar-refractivity contribution is 0.114. The number of rotatable bonds is 7. The number of halogens is 1. The van der Waals surface area contributed by atoms with Crippen molar-refractivity contribution in [2.75, 3.05) is 6.61 Å². The van der Waals surface area contributed by atoms with Gasteiger partial charge in [-0.1, -0.05) is 20.3 Å². The van der Waals surface area contributed by atoms with Crippen molar-refractivity contribution in [3.05, 3.63) is 16.4 Å².